The van der Waals surface area contributed by atoms with Crippen molar-refractivity contribution in [3.8, 4) is 0 Å². The van der Waals surface area contributed by atoms with Crippen molar-refractivity contribution in [2.45, 2.75) is 0 Å². The van der Waals surface area contributed by atoms with Crippen LogP contribution in [0.2, 0.25) is 0 Å². The van der Waals surface area contributed by atoms with Gasteiger partial charge in [-0.25, -0.2) is 0 Å². The third-order valence-corrected chi connectivity index (χ3v) is 3.12. The summed E-state index contributed by atoms with van der Waals surface area (Å²) in [6.07, 6.45) is 1.70. The normalized spacial score (nSPS) is 10.6. The van der Waals surface area contributed by atoms with Crippen molar-refractivity contribution in [1.29, 1.82) is 0 Å². The molecule has 4 heteroatoms. The number of fused-ring (bicyclic) bond motifs is 1. The molecule has 2 aromatic rings. The summed E-state index contributed by atoms with van der Waals surface area (Å²) in [5, 5.41) is 0.955. The van der Waals surface area contributed by atoms with Gasteiger partial charge in [-0.1, -0.05) is 15.9 Å². The first kappa shape index (κ1) is 8.97. The first-order valence-electron chi connectivity index (χ1n) is 3.68. The standard InChI is InChI=1S/C9H6Br2N2/c10-5-1-2-6(11)9-8(5)7(12)3-4-13-9/h1-4H,(H2,12,13). The lowest BCUT2D eigenvalue weighted by Gasteiger charge is -2.04. The van der Waals surface area contributed by atoms with Gasteiger partial charge in [-0.05, 0) is 34.1 Å². The number of nitrogen functional groups attached to an aromatic ring is 1. The van der Waals surface area contributed by atoms with Gasteiger partial charge < -0.3 is 5.73 Å². The van der Waals surface area contributed by atoms with Crippen LogP contribution in [0.15, 0.2) is 33.3 Å². The molecule has 0 aliphatic rings. The predicted molar refractivity (Wildman–Crippen MR) is 61.6 cm³/mol. The Morgan fingerprint density at radius 3 is 2.46 bits per heavy atom. The predicted octanol–water partition coefficient (Wildman–Crippen LogP) is 3.34. The second-order valence-electron chi connectivity index (χ2n) is 2.65. The summed E-state index contributed by atoms with van der Waals surface area (Å²) < 4.78 is 1.93. The molecule has 0 aliphatic carbocycles. The van der Waals surface area contributed by atoms with Gasteiger partial charge in [0.15, 0.2) is 0 Å². The average Bonchev–Trinajstić information content (AvgIpc) is 2.12. The molecule has 0 atom stereocenters. The summed E-state index contributed by atoms with van der Waals surface area (Å²) in [6, 6.07) is 5.68. The smallest absolute Gasteiger partial charge is 0.0875 e. The van der Waals surface area contributed by atoms with E-state index in [1.54, 1.807) is 12.3 Å². The van der Waals surface area contributed by atoms with Gasteiger partial charge >= 0.3 is 0 Å². The fraction of sp³-hybridized carbons (Fsp3) is 0. The number of halogens is 2. The minimum atomic E-state index is 0.734. The Balaban J connectivity index is 3.00. The second-order valence-corrected chi connectivity index (χ2v) is 4.36. The maximum Gasteiger partial charge on any atom is 0.0875 e. The van der Waals surface area contributed by atoms with Crippen LogP contribution in [0.25, 0.3) is 10.9 Å². The van der Waals surface area contributed by atoms with Crippen LogP contribution in [0, 0.1) is 0 Å². The number of aromatic nitrogens is 1. The topological polar surface area (TPSA) is 38.9 Å². The Labute approximate surface area is 92.4 Å². The van der Waals surface area contributed by atoms with Crippen molar-refractivity contribution in [2.24, 2.45) is 0 Å². The molecule has 1 aromatic carbocycles. The van der Waals surface area contributed by atoms with Crippen molar-refractivity contribution in [3.63, 3.8) is 0 Å². The highest BCUT2D eigenvalue weighted by Gasteiger charge is 2.05. The lowest BCUT2D eigenvalue weighted by atomic mass is 10.2. The second kappa shape index (κ2) is 3.27. The van der Waals surface area contributed by atoms with Gasteiger partial charge in [0.25, 0.3) is 0 Å². The molecule has 13 heavy (non-hydrogen) atoms. The zero-order chi connectivity index (χ0) is 9.42. The van der Waals surface area contributed by atoms with Crippen molar-refractivity contribution in [2.75, 3.05) is 5.73 Å². The highest BCUT2D eigenvalue weighted by Crippen LogP contribution is 2.32. The summed E-state index contributed by atoms with van der Waals surface area (Å²) in [7, 11) is 0. The molecule has 2 N–H and O–H groups in total. The third kappa shape index (κ3) is 1.44. The Morgan fingerprint density at radius 2 is 1.77 bits per heavy atom. The average molecular weight is 302 g/mol. The number of nitrogens with zero attached hydrogens (tertiary/aromatic N) is 1. The molecule has 0 aliphatic heterocycles. The van der Waals surface area contributed by atoms with Crippen LogP contribution in [0.3, 0.4) is 0 Å². The molecule has 0 radical (unpaired) electrons. The molecule has 66 valence electrons. The van der Waals surface area contributed by atoms with Gasteiger partial charge in [-0.2, -0.15) is 0 Å². The maximum absolute atomic E-state index is 5.84. The van der Waals surface area contributed by atoms with Crippen LogP contribution in [-0.4, -0.2) is 4.98 Å². The van der Waals surface area contributed by atoms with Gasteiger partial charge in [0.2, 0.25) is 0 Å². The molecule has 2 rings (SSSR count). The van der Waals surface area contributed by atoms with Crippen LogP contribution >= 0.6 is 31.9 Å². The zero-order valence-electron chi connectivity index (χ0n) is 6.59. The molecule has 0 saturated heterocycles. The molecular formula is C9H6Br2N2. The van der Waals surface area contributed by atoms with Gasteiger partial charge in [0.05, 0.1) is 5.52 Å². The summed E-state index contributed by atoms with van der Waals surface area (Å²) in [5.74, 6) is 0. The van der Waals surface area contributed by atoms with E-state index in [2.05, 4.69) is 36.8 Å². The van der Waals surface area contributed by atoms with Gasteiger partial charge in [-0.15, -0.1) is 0 Å². The van der Waals surface area contributed by atoms with E-state index >= 15 is 0 Å². The van der Waals surface area contributed by atoms with Crippen LogP contribution in [0.1, 0.15) is 0 Å². The fourth-order valence-corrected chi connectivity index (χ4v) is 2.20. The largest absolute Gasteiger partial charge is 0.398 e. The lowest BCUT2D eigenvalue weighted by molar-refractivity contribution is 1.40. The Morgan fingerprint density at radius 1 is 1.08 bits per heavy atom. The Kier molecular flexibility index (Phi) is 2.26. The first-order chi connectivity index (χ1) is 6.20. The minimum absolute atomic E-state index is 0.734. The van der Waals surface area contributed by atoms with Crippen molar-refractivity contribution in [3.05, 3.63) is 33.3 Å². The van der Waals surface area contributed by atoms with Gasteiger partial charge in [0, 0.05) is 26.2 Å². The lowest BCUT2D eigenvalue weighted by Crippen LogP contribution is -1.90. The van der Waals surface area contributed by atoms with E-state index in [9.17, 15) is 0 Å². The molecule has 0 bridgehead atoms. The maximum atomic E-state index is 5.84. The number of nitrogens with two attached hydrogens (primary N) is 1. The van der Waals surface area contributed by atoms with Crippen molar-refractivity contribution >= 4 is 48.5 Å². The number of pyridine rings is 1. The van der Waals surface area contributed by atoms with Crippen LogP contribution in [0.5, 0.6) is 0 Å². The summed E-state index contributed by atoms with van der Waals surface area (Å²) in [6.45, 7) is 0. The van der Waals surface area contributed by atoms with Crippen LogP contribution in [0.4, 0.5) is 5.69 Å². The molecule has 0 saturated carbocycles. The third-order valence-electron chi connectivity index (χ3n) is 1.82. The van der Waals surface area contributed by atoms with Crippen molar-refractivity contribution < 1.29 is 0 Å². The highest BCUT2D eigenvalue weighted by molar-refractivity contribution is 9.11. The molecule has 1 aromatic heterocycles. The fourth-order valence-electron chi connectivity index (χ4n) is 1.22. The molecule has 0 fully saturated rings. The number of benzene rings is 1. The van der Waals surface area contributed by atoms with E-state index in [4.69, 9.17) is 5.73 Å². The Bertz CT molecular complexity index is 460. The van der Waals surface area contributed by atoms with Crippen molar-refractivity contribution in [1.82, 2.24) is 4.98 Å². The molecule has 1 heterocycles. The molecule has 0 unspecified atom stereocenters. The van der Waals surface area contributed by atoms with E-state index in [0.29, 0.717) is 0 Å². The quantitative estimate of drug-likeness (QED) is 0.810. The van der Waals surface area contributed by atoms with E-state index < -0.39 is 0 Å². The van der Waals surface area contributed by atoms with Gasteiger partial charge in [0.1, 0.15) is 0 Å². The van der Waals surface area contributed by atoms with E-state index in [1.165, 1.54) is 0 Å². The van der Waals surface area contributed by atoms with Gasteiger partial charge in [-0.3, -0.25) is 4.98 Å². The van der Waals surface area contributed by atoms with E-state index in [-0.39, 0.29) is 0 Å². The number of hydrogen-bond acceptors (Lipinski definition) is 2. The minimum Gasteiger partial charge on any atom is -0.398 e. The number of hydrogen-bond donors (Lipinski definition) is 1. The van der Waals surface area contributed by atoms with E-state index in [1.807, 2.05) is 12.1 Å². The summed E-state index contributed by atoms with van der Waals surface area (Å²) in [5.41, 5.74) is 7.45. The highest BCUT2D eigenvalue weighted by atomic mass is 79.9. The zero-order valence-corrected chi connectivity index (χ0v) is 9.76. The van der Waals surface area contributed by atoms with Crippen LogP contribution in [-0.2, 0) is 0 Å². The Hall–Kier alpha value is -0.610. The molecule has 0 amide bonds. The SMILES string of the molecule is Nc1ccnc2c(Br)ccc(Br)c12. The molecule has 0 spiro atoms. The summed E-state index contributed by atoms with van der Waals surface area (Å²) >= 11 is 6.87. The number of rotatable bonds is 0. The molecular weight excluding hydrogens is 296 g/mol. The summed E-state index contributed by atoms with van der Waals surface area (Å²) in [4.78, 5) is 4.25. The van der Waals surface area contributed by atoms with E-state index in [0.717, 1.165) is 25.5 Å². The van der Waals surface area contributed by atoms with Crippen LogP contribution < -0.4 is 5.73 Å². The number of anilines is 1. The first-order valence-corrected chi connectivity index (χ1v) is 5.27. The molecule has 2 nitrogen and oxygen atoms in total. The monoisotopic (exact) mass is 300 g/mol.